The zero-order valence-electron chi connectivity index (χ0n) is 47.2. The third-order valence-electron chi connectivity index (χ3n) is 11.9. The van der Waals surface area contributed by atoms with Crippen LogP contribution in [0, 0.1) is 0 Å². The van der Waals surface area contributed by atoms with Gasteiger partial charge in [0.05, 0.1) is 0 Å². The second kappa shape index (κ2) is 82.9. The molecule has 0 heterocycles. The number of carboxylic acids is 4. The molecule has 0 rings (SSSR count). The summed E-state index contributed by atoms with van der Waals surface area (Å²) in [5, 5.41) is 40.6. The quantitative estimate of drug-likeness (QED) is 0.0660. The molecule has 0 fully saturated rings. The van der Waals surface area contributed by atoms with Crippen LogP contribution in [0.15, 0.2) is 0 Å². The number of carbonyl (C=O) groups is 4. The van der Waals surface area contributed by atoms with E-state index in [4.69, 9.17) is 0 Å². The summed E-state index contributed by atoms with van der Waals surface area (Å²) in [5.74, 6) is -3.63. The summed E-state index contributed by atoms with van der Waals surface area (Å²) in [7, 11) is 0. The first-order valence-corrected chi connectivity index (χ1v) is 27.9. The largest absolute Gasteiger partial charge is 1.00 e. The zero-order chi connectivity index (χ0) is 48.3. The van der Waals surface area contributed by atoms with E-state index in [0.717, 1.165) is 51.4 Å². The third kappa shape index (κ3) is 105. The summed E-state index contributed by atoms with van der Waals surface area (Å²) in [4.78, 5) is 40.6. The van der Waals surface area contributed by atoms with Gasteiger partial charge in [0.1, 0.15) is 0 Å². The van der Waals surface area contributed by atoms with Crippen LogP contribution in [0.1, 0.15) is 336 Å². The van der Waals surface area contributed by atoms with Crippen molar-refractivity contribution in [3.05, 3.63) is 0 Å². The molecule has 384 valence electrons. The average Bonchev–Trinajstić information content (AvgIpc) is 3.26. The molecular formula is C56H108Na4O8. The first-order chi connectivity index (χ1) is 31.1. The summed E-state index contributed by atoms with van der Waals surface area (Å²) >= 11 is 0. The Labute approximate surface area is 511 Å². The topological polar surface area (TPSA) is 161 Å². The van der Waals surface area contributed by atoms with Crippen LogP contribution in [-0.4, -0.2) is 23.9 Å². The van der Waals surface area contributed by atoms with Crippen molar-refractivity contribution in [2.45, 2.75) is 336 Å². The summed E-state index contributed by atoms with van der Waals surface area (Å²) in [6, 6.07) is 0. The number of hydrogen-bond donors (Lipinski definition) is 0. The van der Waals surface area contributed by atoms with Crippen LogP contribution in [0.25, 0.3) is 0 Å². The van der Waals surface area contributed by atoms with Crippen molar-refractivity contribution in [2.24, 2.45) is 0 Å². The van der Waals surface area contributed by atoms with Crippen LogP contribution in [0.5, 0.6) is 0 Å². The summed E-state index contributed by atoms with van der Waals surface area (Å²) < 4.78 is 0. The van der Waals surface area contributed by atoms with E-state index < -0.39 is 23.9 Å². The number of carboxylic acid groups (broad SMARTS) is 4. The summed E-state index contributed by atoms with van der Waals surface area (Å²) in [6.45, 7) is 8.97. The summed E-state index contributed by atoms with van der Waals surface area (Å²) in [6.07, 6.45) is 56.1. The molecule has 68 heavy (non-hydrogen) atoms. The van der Waals surface area contributed by atoms with E-state index in [0.29, 0.717) is 0 Å². The van der Waals surface area contributed by atoms with E-state index in [1.807, 2.05) is 0 Å². The van der Waals surface area contributed by atoms with Gasteiger partial charge in [0.25, 0.3) is 0 Å². The van der Waals surface area contributed by atoms with Crippen LogP contribution in [-0.2, 0) is 19.2 Å². The average molecular weight is 1000 g/mol. The molecular weight excluding hydrogens is 893 g/mol. The Kier molecular flexibility index (Phi) is 106. The van der Waals surface area contributed by atoms with Crippen LogP contribution in [0.2, 0.25) is 0 Å². The Bertz CT molecular complexity index is 785. The number of rotatable bonds is 48. The van der Waals surface area contributed by atoms with E-state index in [1.165, 1.54) is 231 Å². The fourth-order valence-corrected chi connectivity index (χ4v) is 7.73. The second-order valence-corrected chi connectivity index (χ2v) is 18.6. The van der Waals surface area contributed by atoms with Crippen molar-refractivity contribution >= 4 is 23.9 Å². The molecule has 0 spiro atoms. The minimum absolute atomic E-state index is 0. The van der Waals surface area contributed by atoms with Crippen molar-refractivity contribution in [3.63, 3.8) is 0 Å². The molecule has 0 aromatic rings. The molecule has 0 radical (unpaired) electrons. The standard InChI is InChI=1S/4C14H28O2.4Na/c4*1-2-3-4-5-6-7-8-9-10-11-12-13-14(15)16;;;;/h4*2-13H2,1H3,(H,15,16);;;;/q;;;;4*+1/p-4. The molecule has 0 aromatic heterocycles. The van der Waals surface area contributed by atoms with Gasteiger partial charge in [-0.15, -0.1) is 0 Å². The van der Waals surface area contributed by atoms with E-state index in [2.05, 4.69) is 27.7 Å². The van der Waals surface area contributed by atoms with E-state index in [9.17, 15) is 39.6 Å². The molecule has 0 saturated carbocycles. The van der Waals surface area contributed by atoms with E-state index in [1.54, 1.807) is 0 Å². The van der Waals surface area contributed by atoms with Crippen LogP contribution in [0.3, 0.4) is 0 Å². The molecule has 12 heteroatoms. The molecule has 0 bridgehead atoms. The number of aliphatic carboxylic acids is 4. The molecule has 0 aliphatic carbocycles. The molecule has 0 aliphatic rings. The molecule has 8 nitrogen and oxygen atoms in total. The normalized spacial score (nSPS) is 9.94. The van der Waals surface area contributed by atoms with E-state index >= 15 is 0 Å². The van der Waals surface area contributed by atoms with Crippen LogP contribution < -0.4 is 139 Å². The molecule has 0 atom stereocenters. The van der Waals surface area contributed by atoms with Crippen molar-refractivity contribution < 1.29 is 158 Å². The molecule has 0 amide bonds. The van der Waals surface area contributed by atoms with Crippen LogP contribution in [0.4, 0.5) is 0 Å². The Morgan fingerprint density at radius 1 is 0.191 bits per heavy atom. The fourth-order valence-electron chi connectivity index (χ4n) is 7.73. The maximum atomic E-state index is 10.1. The molecule has 0 N–H and O–H groups in total. The van der Waals surface area contributed by atoms with Crippen molar-refractivity contribution in [3.8, 4) is 0 Å². The molecule has 0 unspecified atom stereocenters. The minimum Gasteiger partial charge on any atom is -0.550 e. The van der Waals surface area contributed by atoms with Crippen LogP contribution >= 0.6 is 0 Å². The molecule has 0 aliphatic heterocycles. The Morgan fingerprint density at radius 2 is 0.279 bits per heavy atom. The number of unbranched alkanes of at least 4 members (excludes halogenated alkanes) is 40. The van der Waals surface area contributed by atoms with Gasteiger partial charge < -0.3 is 39.6 Å². The first kappa shape index (κ1) is 86.6. The van der Waals surface area contributed by atoms with Gasteiger partial charge >= 0.3 is 118 Å². The van der Waals surface area contributed by atoms with Crippen molar-refractivity contribution in [2.75, 3.05) is 0 Å². The maximum absolute atomic E-state index is 10.1. The molecule has 0 aromatic carbocycles. The predicted octanol–water partition coefficient (Wildman–Crippen LogP) is 1.77. The first-order valence-electron chi connectivity index (χ1n) is 27.9. The number of carbonyl (C=O) groups excluding carboxylic acids is 4. The van der Waals surface area contributed by atoms with Crippen molar-refractivity contribution in [1.29, 1.82) is 0 Å². The van der Waals surface area contributed by atoms with Gasteiger partial charge in [0.15, 0.2) is 0 Å². The minimum atomic E-state index is -0.907. The smallest absolute Gasteiger partial charge is 0.550 e. The van der Waals surface area contributed by atoms with Gasteiger partial charge in [-0.2, -0.15) is 0 Å². The van der Waals surface area contributed by atoms with E-state index in [-0.39, 0.29) is 144 Å². The van der Waals surface area contributed by atoms with Crippen molar-refractivity contribution in [1.82, 2.24) is 0 Å². The third-order valence-corrected chi connectivity index (χ3v) is 11.9. The Hall–Kier alpha value is 1.88. The van der Waals surface area contributed by atoms with Gasteiger partial charge in [-0.1, -0.05) is 285 Å². The van der Waals surface area contributed by atoms with Gasteiger partial charge in [0.2, 0.25) is 0 Å². The van der Waals surface area contributed by atoms with Gasteiger partial charge in [0, 0.05) is 23.9 Å². The zero-order valence-corrected chi connectivity index (χ0v) is 55.2. The monoisotopic (exact) mass is 1000 g/mol. The molecule has 0 saturated heterocycles. The second-order valence-electron chi connectivity index (χ2n) is 18.6. The predicted molar refractivity (Wildman–Crippen MR) is 264 cm³/mol. The van der Waals surface area contributed by atoms with Gasteiger partial charge in [-0.25, -0.2) is 0 Å². The number of hydrogen-bond acceptors (Lipinski definition) is 8. The Balaban J connectivity index is -0.000000115. The maximum Gasteiger partial charge on any atom is 1.00 e. The summed E-state index contributed by atoms with van der Waals surface area (Å²) in [5.41, 5.74) is 0. The van der Waals surface area contributed by atoms with Gasteiger partial charge in [-0.3, -0.25) is 0 Å². The fraction of sp³-hybridized carbons (Fsp3) is 0.929. The Morgan fingerprint density at radius 3 is 0.368 bits per heavy atom. The van der Waals surface area contributed by atoms with Gasteiger partial charge in [-0.05, 0) is 51.4 Å². The SMILES string of the molecule is CCCCCCCCCCCCCC(=O)[O-].CCCCCCCCCCCCCC(=O)[O-].CCCCCCCCCCCCCC(=O)[O-].CCCCCCCCCCCCCC(=O)[O-].[Na+].[Na+].[Na+].[Na+].